The summed E-state index contributed by atoms with van der Waals surface area (Å²) in [7, 11) is -3.71. The van der Waals surface area contributed by atoms with Crippen molar-refractivity contribution >= 4 is 33.2 Å². The zero-order valence-corrected chi connectivity index (χ0v) is 22.7. The van der Waals surface area contributed by atoms with Gasteiger partial charge in [-0.25, -0.2) is 8.42 Å². The third-order valence-electron chi connectivity index (χ3n) is 8.36. The number of para-hydroxylation sites is 1. The molecule has 0 spiro atoms. The minimum absolute atomic E-state index is 0.0571. The normalized spacial score (nSPS) is 26.2. The van der Waals surface area contributed by atoms with Crippen LogP contribution >= 0.6 is 0 Å². The van der Waals surface area contributed by atoms with Crippen LogP contribution in [-0.4, -0.2) is 39.1 Å². The van der Waals surface area contributed by atoms with Crippen molar-refractivity contribution in [1.82, 2.24) is 5.32 Å². The van der Waals surface area contributed by atoms with E-state index in [0.29, 0.717) is 16.9 Å². The fourth-order valence-electron chi connectivity index (χ4n) is 7.30. The van der Waals surface area contributed by atoms with E-state index in [0.717, 1.165) is 28.3 Å². The van der Waals surface area contributed by atoms with Gasteiger partial charge in [-0.2, -0.15) is 0 Å². The van der Waals surface area contributed by atoms with E-state index in [-0.39, 0.29) is 23.9 Å². The molecule has 4 saturated carbocycles. The van der Waals surface area contributed by atoms with Crippen molar-refractivity contribution < 1.29 is 18.0 Å². The van der Waals surface area contributed by atoms with Crippen molar-refractivity contribution in [3.8, 4) is 0 Å². The fourth-order valence-corrected chi connectivity index (χ4v) is 8.15. The molecule has 198 valence electrons. The Morgan fingerprint density at radius 2 is 1.51 bits per heavy atom. The Kier molecular flexibility index (Phi) is 6.81. The van der Waals surface area contributed by atoms with Gasteiger partial charge in [0.1, 0.15) is 6.54 Å². The van der Waals surface area contributed by atoms with Gasteiger partial charge in [-0.1, -0.05) is 24.3 Å². The number of rotatable bonds is 8. The lowest BCUT2D eigenvalue weighted by molar-refractivity contribution is -0.114. The Morgan fingerprint density at radius 1 is 0.946 bits per heavy atom. The molecule has 0 aliphatic heterocycles. The first-order valence-electron chi connectivity index (χ1n) is 13.3. The van der Waals surface area contributed by atoms with E-state index in [1.54, 1.807) is 24.3 Å². The van der Waals surface area contributed by atoms with E-state index in [9.17, 15) is 18.0 Å². The Morgan fingerprint density at radius 3 is 2.05 bits per heavy atom. The van der Waals surface area contributed by atoms with Gasteiger partial charge in [-0.05, 0) is 105 Å². The van der Waals surface area contributed by atoms with Crippen molar-refractivity contribution in [1.29, 1.82) is 0 Å². The number of nitrogens with one attached hydrogen (secondary N) is 2. The summed E-state index contributed by atoms with van der Waals surface area (Å²) >= 11 is 0. The summed E-state index contributed by atoms with van der Waals surface area (Å²) in [5.74, 6) is 1.67. The zero-order chi connectivity index (χ0) is 26.4. The maximum atomic E-state index is 13.0. The molecule has 0 heterocycles. The molecule has 2 aromatic carbocycles. The van der Waals surface area contributed by atoms with E-state index in [1.807, 2.05) is 26.0 Å². The molecule has 4 aliphatic rings. The van der Waals surface area contributed by atoms with Gasteiger partial charge in [0.2, 0.25) is 15.9 Å². The number of anilines is 2. The monoisotopic (exact) mass is 523 g/mol. The van der Waals surface area contributed by atoms with Gasteiger partial charge in [-0.3, -0.25) is 13.9 Å². The number of sulfonamides is 1. The molecule has 0 aromatic heterocycles. The molecule has 8 heteroatoms. The van der Waals surface area contributed by atoms with Crippen molar-refractivity contribution in [2.75, 3.05) is 22.4 Å². The molecule has 4 bridgehead atoms. The van der Waals surface area contributed by atoms with Crippen LogP contribution in [0.5, 0.6) is 0 Å². The van der Waals surface area contributed by atoms with Crippen LogP contribution in [0.15, 0.2) is 48.5 Å². The minimum Gasteiger partial charge on any atom is -0.350 e. The molecule has 2 aromatic rings. The predicted octanol–water partition coefficient (Wildman–Crippen LogP) is 4.70. The van der Waals surface area contributed by atoms with E-state index in [4.69, 9.17) is 0 Å². The molecular formula is C29H37N3O4S. The molecule has 0 saturated heterocycles. The van der Waals surface area contributed by atoms with Crippen LogP contribution in [0.4, 0.5) is 11.4 Å². The number of carbonyl (C=O) groups excluding carboxylic acids is 2. The highest BCUT2D eigenvalue weighted by molar-refractivity contribution is 7.92. The Balaban J connectivity index is 1.33. The smallest absolute Gasteiger partial charge is 0.253 e. The van der Waals surface area contributed by atoms with Crippen LogP contribution < -0.4 is 14.9 Å². The highest BCUT2D eigenvalue weighted by atomic mass is 32.2. The maximum absolute atomic E-state index is 13.0. The Labute approximate surface area is 220 Å². The van der Waals surface area contributed by atoms with Crippen molar-refractivity contribution in [2.45, 2.75) is 63.8 Å². The number of amides is 2. The van der Waals surface area contributed by atoms with Crippen molar-refractivity contribution in [3.05, 3.63) is 59.7 Å². The van der Waals surface area contributed by atoms with Gasteiger partial charge < -0.3 is 10.6 Å². The molecule has 2 amide bonds. The van der Waals surface area contributed by atoms with Gasteiger partial charge in [-0.15, -0.1) is 0 Å². The highest BCUT2D eigenvalue weighted by Gasteiger charge is 2.51. The lowest BCUT2D eigenvalue weighted by Gasteiger charge is -2.57. The number of carbonyl (C=O) groups is 2. The summed E-state index contributed by atoms with van der Waals surface area (Å²) in [6.45, 7) is 3.34. The number of hydrogen-bond acceptors (Lipinski definition) is 4. The molecule has 37 heavy (non-hydrogen) atoms. The van der Waals surface area contributed by atoms with E-state index >= 15 is 0 Å². The quantitative estimate of drug-likeness (QED) is 0.524. The SMILES string of the molecule is CC(C)NC(=O)c1ccccc1NC(=O)CN(c1ccc(C23CC4CC(CC(C4)C2)C3)cc1)S(C)(=O)=O. The predicted molar refractivity (Wildman–Crippen MR) is 146 cm³/mol. The largest absolute Gasteiger partial charge is 0.350 e. The summed E-state index contributed by atoms with van der Waals surface area (Å²) in [6, 6.07) is 14.5. The second kappa shape index (κ2) is 9.78. The summed E-state index contributed by atoms with van der Waals surface area (Å²) in [4.78, 5) is 25.5. The van der Waals surface area contributed by atoms with Crippen LogP contribution in [-0.2, 0) is 20.2 Å². The third kappa shape index (κ3) is 5.40. The first-order chi connectivity index (χ1) is 17.5. The molecule has 4 aliphatic carbocycles. The van der Waals surface area contributed by atoms with Crippen molar-refractivity contribution in [3.63, 3.8) is 0 Å². The third-order valence-corrected chi connectivity index (χ3v) is 9.50. The minimum atomic E-state index is -3.71. The topological polar surface area (TPSA) is 95.6 Å². The molecule has 4 fully saturated rings. The van der Waals surface area contributed by atoms with Crippen LogP contribution in [0.3, 0.4) is 0 Å². The summed E-state index contributed by atoms with van der Waals surface area (Å²) in [5.41, 5.74) is 2.67. The second-order valence-electron chi connectivity index (χ2n) is 11.7. The van der Waals surface area contributed by atoms with Gasteiger partial charge in [0.25, 0.3) is 5.91 Å². The summed E-state index contributed by atoms with van der Waals surface area (Å²) < 4.78 is 26.5. The van der Waals surface area contributed by atoms with Crippen LogP contribution in [0, 0.1) is 17.8 Å². The first kappa shape index (κ1) is 25.8. The van der Waals surface area contributed by atoms with E-state index < -0.39 is 15.9 Å². The van der Waals surface area contributed by atoms with Gasteiger partial charge >= 0.3 is 0 Å². The lowest BCUT2D eigenvalue weighted by Crippen LogP contribution is -2.48. The maximum Gasteiger partial charge on any atom is 0.253 e. The summed E-state index contributed by atoms with van der Waals surface area (Å²) in [6.07, 6.45) is 8.93. The average molecular weight is 524 g/mol. The average Bonchev–Trinajstić information content (AvgIpc) is 2.81. The first-order valence-corrected chi connectivity index (χ1v) is 15.2. The molecule has 6 rings (SSSR count). The van der Waals surface area contributed by atoms with Crippen LogP contribution in [0.2, 0.25) is 0 Å². The van der Waals surface area contributed by atoms with Crippen LogP contribution in [0.25, 0.3) is 0 Å². The zero-order valence-electron chi connectivity index (χ0n) is 21.9. The Bertz CT molecular complexity index is 1250. The summed E-state index contributed by atoms with van der Waals surface area (Å²) in [5, 5.41) is 5.55. The van der Waals surface area contributed by atoms with Gasteiger partial charge in [0.15, 0.2) is 0 Å². The standard InChI is InChI=1S/C29H37N3O4S/c1-19(2)30-28(34)25-6-4-5-7-26(25)31-27(33)18-32(37(3,35)36)24-10-8-23(9-11-24)29-15-20-12-21(16-29)14-22(13-20)17-29/h4-11,19-22H,12-18H2,1-3H3,(H,30,34)(H,31,33). The molecule has 7 nitrogen and oxygen atoms in total. The molecule has 0 atom stereocenters. The number of hydrogen-bond donors (Lipinski definition) is 2. The molecule has 0 radical (unpaired) electrons. The lowest BCUT2D eigenvalue weighted by atomic mass is 9.48. The molecule has 2 N–H and O–H groups in total. The Hall–Kier alpha value is -2.87. The number of nitrogens with zero attached hydrogens (tertiary/aromatic N) is 1. The van der Waals surface area contributed by atoms with E-state index in [2.05, 4.69) is 22.8 Å². The second-order valence-corrected chi connectivity index (χ2v) is 13.6. The van der Waals surface area contributed by atoms with Gasteiger partial charge in [0, 0.05) is 6.04 Å². The number of benzene rings is 2. The van der Waals surface area contributed by atoms with Crippen molar-refractivity contribution in [2.24, 2.45) is 17.8 Å². The highest BCUT2D eigenvalue weighted by Crippen LogP contribution is 2.60. The molecule has 0 unspecified atom stereocenters. The molecular weight excluding hydrogens is 486 g/mol. The van der Waals surface area contributed by atoms with Crippen LogP contribution in [0.1, 0.15) is 68.3 Å². The van der Waals surface area contributed by atoms with E-state index in [1.165, 1.54) is 44.1 Å². The fraction of sp³-hybridized carbons (Fsp3) is 0.517. The van der Waals surface area contributed by atoms with Gasteiger partial charge in [0.05, 0.1) is 23.2 Å².